The number of aromatic hydroxyl groups is 1. The number of nitrogens with one attached hydrogen (secondary N) is 2. The van der Waals surface area contributed by atoms with E-state index >= 15 is 0 Å². The zero-order valence-corrected chi connectivity index (χ0v) is 24.7. The molecule has 9 heteroatoms. The Balaban J connectivity index is 2.04. The molecule has 0 radical (unpaired) electrons. The van der Waals surface area contributed by atoms with Crippen LogP contribution >= 0.6 is 0 Å². The van der Waals surface area contributed by atoms with Gasteiger partial charge in [0.05, 0.1) is 7.11 Å². The molecule has 3 aromatic rings. The van der Waals surface area contributed by atoms with Crippen LogP contribution in [0.3, 0.4) is 0 Å². The van der Waals surface area contributed by atoms with Gasteiger partial charge in [-0.1, -0.05) is 42.5 Å². The van der Waals surface area contributed by atoms with Crippen molar-refractivity contribution in [2.45, 2.75) is 51.8 Å². The minimum Gasteiger partial charge on any atom is -0.508 e. The molecule has 0 saturated heterocycles. The summed E-state index contributed by atoms with van der Waals surface area (Å²) in [6.45, 7) is 10.9. The lowest BCUT2D eigenvalue weighted by Gasteiger charge is -2.34. The van der Waals surface area contributed by atoms with Gasteiger partial charge in [-0.3, -0.25) is 9.59 Å². The SMILES string of the molecule is C=CCN(C(=O)C(Cc1ccc(O)cc1)NC(=O)OC(C)(C)C)C(C(=O)Nc1ccc(OC)cc1)c1ccccc1C. The Bertz CT molecular complexity index is 1380. The highest BCUT2D eigenvalue weighted by molar-refractivity contribution is 5.99. The Morgan fingerprint density at radius 2 is 1.64 bits per heavy atom. The van der Waals surface area contributed by atoms with Crippen LogP contribution in [0.5, 0.6) is 11.5 Å². The summed E-state index contributed by atoms with van der Waals surface area (Å²) >= 11 is 0. The largest absolute Gasteiger partial charge is 0.508 e. The molecule has 0 aliphatic carbocycles. The molecule has 42 heavy (non-hydrogen) atoms. The van der Waals surface area contributed by atoms with Gasteiger partial charge < -0.3 is 30.1 Å². The fraction of sp³-hybridized carbons (Fsp3) is 0.303. The van der Waals surface area contributed by atoms with Crippen molar-refractivity contribution in [1.29, 1.82) is 0 Å². The minimum atomic E-state index is -1.09. The Hall–Kier alpha value is -4.79. The summed E-state index contributed by atoms with van der Waals surface area (Å²) in [5.74, 6) is -0.237. The Morgan fingerprint density at radius 1 is 1.00 bits per heavy atom. The molecule has 0 bridgehead atoms. The van der Waals surface area contributed by atoms with Gasteiger partial charge in [-0.05, 0) is 80.8 Å². The minimum absolute atomic E-state index is 0.0238. The van der Waals surface area contributed by atoms with Crippen molar-refractivity contribution in [1.82, 2.24) is 10.2 Å². The number of aryl methyl sites for hydroxylation is 1. The second-order valence-corrected chi connectivity index (χ2v) is 10.8. The average Bonchev–Trinajstić information content (AvgIpc) is 2.93. The van der Waals surface area contributed by atoms with Gasteiger partial charge >= 0.3 is 6.09 Å². The van der Waals surface area contributed by atoms with Crippen LogP contribution in [0.25, 0.3) is 0 Å². The molecular weight excluding hydrogens is 534 g/mol. The van der Waals surface area contributed by atoms with Gasteiger partial charge in [0.25, 0.3) is 5.91 Å². The third-order valence-electron chi connectivity index (χ3n) is 6.37. The molecule has 3 N–H and O–H groups in total. The number of amides is 3. The molecule has 0 fully saturated rings. The van der Waals surface area contributed by atoms with E-state index in [1.807, 2.05) is 19.1 Å². The standard InChI is InChI=1S/C33H39N3O6/c1-7-20-36(31(39)28(35-32(40)42-33(3,4)5)21-23-12-16-25(37)17-13-23)29(27-11-9-8-10-22(27)2)30(38)34-24-14-18-26(41-6)19-15-24/h7-19,28-29,37H,1,20-21H2,2-6H3,(H,34,38)(H,35,40). The number of rotatable bonds is 11. The fourth-order valence-corrected chi connectivity index (χ4v) is 4.41. The van der Waals surface area contributed by atoms with Gasteiger partial charge in [-0.25, -0.2) is 4.79 Å². The second-order valence-electron chi connectivity index (χ2n) is 10.8. The molecule has 2 unspecified atom stereocenters. The molecule has 0 saturated carbocycles. The van der Waals surface area contributed by atoms with Gasteiger partial charge in [0.15, 0.2) is 0 Å². The molecule has 222 valence electrons. The van der Waals surface area contributed by atoms with Gasteiger partial charge in [0.2, 0.25) is 5.91 Å². The van der Waals surface area contributed by atoms with E-state index in [4.69, 9.17) is 9.47 Å². The van der Waals surface area contributed by atoms with E-state index in [1.54, 1.807) is 76.4 Å². The van der Waals surface area contributed by atoms with E-state index in [0.29, 0.717) is 22.6 Å². The van der Waals surface area contributed by atoms with Crippen LogP contribution in [0.4, 0.5) is 10.5 Å². The summed E-state index contributed by atoms with van der Waals surface area (Å²) in [6, 6.07) is 18.4. The zero-order chi connectivity index (χ0) is 30.9. The number of benzene rings is 3. The lowest BCUT2D eigenvalue weighted by molar-refractivity contribution is -0.140. The highest BCUT2D eigenvalue weighted by atomic mass is 16.6. The van der Waals surface area contributed by atoms with E-state index in [9.17, 15) is 19.5 Å². The number of hydrogen-bond donors (Lipinski definition) is 3. The second kappa shape index (κ2) is 14.2. The summed E-state index contributed by atoms with van der Waals surface area (Å²) in [7, 11) is 1.56. The van der Waals surface area contributed by atoms with E-state index in [1.165, 1.54) is 23.1 Å². The summed E-state index contributed by atoms with van der Waals surface area (Å²) in [5, 5.41) is 15.4. The van der Waals surface area contributed by atoms with Crippen molar-refractivity contribution in [2.75, 3.05) is 19.0 Å². The maximum atomic E-state index is 14.3. The third kappa shape index (κ3) is 8.86. The third-order valence-corrected chi connectivity index (χ3v) is 6.37. The van der Waals surface area contributed by atoms with Gasteiger partial charge in [0.1, 0.15) is 29.2 Å². The van der Waals surface area contributed by atoms with E-state index < -0.39 is 35.6 Å². The molecule has 3 aromatic carbocycles. The number of methoxy groups -OCH3 is 1. The number of phenols is 1. The summed E-state index contributed by atoms with van der Waals surface area (Å²) in [4.78, 5) is 42.6. The Labute approximate surface area is 247 Å². The number of phenolic OH excluding ortho intramolecular Hbond substituents is 1. The average molecular weight is 574 g/mol. The first-order chi connectivity index (χ1) is 19.9. The number of ether oxygens (including phenoxy) is 2. The van der Waals surface area contributed by atoms with Crippen LogP contribution in [0.2, 0.25) is 0 Å². The lowest BCUT2D eigenvalue weighted by Crippen LogP contribution is -2.53. The number of hydrogen-bond acceptors (Lipinski definition) is 6. The number of anilines is 1. The number of nitrogens with zero attached hydrogens (tertiary/aromatic N) is 1. The van der Waals surface area contributed by atoms with Crippen molar-refractivity contribution < 1.29 is 29.0 Å². The molecule has 9 nitrogen and oxygen atoms in total. The lowest BCUT2D eigenvalue weighted by atomic mass is 9.97. The van der Waals surface area contributed by atoms with E-state index in [2.05, 4.69) is 17.2 Å². The van der Waals surface area contributed by atoms with Crippen LogP contribution in [-0.2, 0) is 20.7 Å². The van der Waals surface area contributed by atoms with Crippen LogP contribution in [0.1, 0.15) is 43.5 Å². The predicted octanol–water partition coefficient (Wildman–Crippen LogP) is 5.54. The number of carbonyl (C=O) groups is 3. The highest BCUT2D eigenvalue weighted by Gasteiger charge is 2.36. The first kappa shape index (κ1) is 31.7. The number of alkyl carbamates (subject to hydrolysis) is 1. The van der Waals surface area contributed by atoms with Crippen molar-refractivity contribution in [3.05, 3.63) is 102 Å². The van der Waals surface area contributed by atoms with Gasteiger partial charge in [-0.15, -0.1) is 6.58 Å². The summed E-state index contributed by atoms with van der Waals surface area (Å²) < 4.78 is 10.7. The van der Waals surface area contributed by atoms with Crippen molar-refractivity contribution in [2.24, 2.45) is 0 Å². The normalized spacial score (nSPS) is 12.4. The molecule has 0 aliphatic rings. The van der Waals surface area contributed by atoms with Crippen LogP contribution in [0.15, 0.2) is 85.5 Å². The van der Waals surface area contributed by atoms with Crippen LogP contribution in [-0.4, -0.2) is 53.2 Å². The first-order valence-corrected chi connectivity index (χ1v) is 13.6. The molecule has 0 spiro atoms. The van der Waals surface area contributed by atoms with Crippen molar-refractivity contribution in [3.8, 4) is 11.5 Å². The molecule has 3 rings (SSSR count). The van der Waals surface area contributed by atoms with Crippen molar-refractivity contribution in [3.63, 3.8) is 0 Å². The molecular formula is C33H39N3O6. The quantitative estimate of drug-likeness (QED) is 0.259. The summed E-state index contributed by atoms with van der Waals surface area (Å²) in [6.07, 6.45) is 0.856. The van der Waals surface area contributed by atoms with Crippen LogP contribution < -0.4 is 15.4 Å². The fourth-order valence-electron chi connectivity index (χ4n) is 4.41. The van der Waals surface area contributed by atoms with Crippen LogP contribution in [0, 0.1) is 6.92 Å². The smallest absolute Gasteiger partial charge is 0.408 e. The topological polar surface area (TPSA) is 117 Å². The molecule has 0 heterocycles. The zero-order valence-electron chi connectivity index (χ0n) is 24.7. The molecule has 3 amide bonds. The Kier molecular flexibility index (Phi) is 10.7. The van der Waals surface area contributed by atoms with E-state index in [-0.39, 0.29) is 18.7 Å². The highest BCUT2D eigenvalue weighted by Crippen LogP contribution is 2.28. The molecule has 0 aromatic heterocycles. The van der Waals surface area contributed by atoms with Gasteiger partial charge in [-0.2, -0.15) is 0 Å². The first-order valence-electron chi connectivity index (χ1n) is 13.6. The van der Waals surface area contributed by atoms with Crippen molar-refractivity contribution >= 4 is 23.6 Å². The maximum Gasteiger partial charge on any atom is 0.408 e. The predicted molar refractivity (Wildman–Crippen MR) is 162 cm³/mol. The van der Waals surface area contributed by atoms with Gasteiger partial charge in [0, 0.05) is 18.7 Å². The monoisotopic (exact) mass is 573 g/mol. The van der Waals surface area contributed by atoms with E-state index in [0.717, 1.165) is 5.56 Å². The summed E-state index contributed by atoms with van der Waals surface area (Å²) in [5.41, 5.74) is 1.86. The molecule has 0 aliphatic heterocycles. The number of carbonyl (C=O) groups excluding carboxylic acids is 3. The Morgan fingerprint density at radius 3 is 2.21 bits per heavy atom. The maximum absolute atomic E-state index is 14.3. The molecule has 2 atom stereocenters.